The molecule has 0 radical (unpaired) electrons. The number of rotatable bonds is 2. The fourth-order valence-corrected chi connectivity index (χ4v) is 4.29. The second kappa shape index (κ2) is 6.71. The smallest absolute Gasteiger partial charge is 0.315 e. The Morgan fingerprint density at radius 1 is 1.12 bits per heavy atom. The second-order valence-electron chi connectivity index (χ2n) is 7.69. The zero-order valence-electron chi connectivity index (χ0n) is 14.8. The maximum Gasteiger partial charge on any atom is 0.315 e. The van der Waals surface area contributed by atoms with Crippen molar-refractivity contribution in [3.63, 3.8) is 0 Å². The number of aromatic nitrogens is 1. The van der Waals surface area contributed by atoms with E-state index in [0.717, 1.165) is 44.9 Å². The first-order chi connectivity index (χ1) is 12.1. The number of amides is 2. The van der Waals surface area contributed by atoms with Crippen molar-refractivity contribution >= 4 is 16.9 Å². The standard InChI is InChI=1S/C20H27N3O2/c1-12-2-8-18-16(10-12)17-11-14(5-9-19(17)23-18)22-20(25)21-13-3-6-15(24)7-4-13/h2,8,10,13-15,23-24H,3-7,9,11H2,1H3,(H2,21,22,25). The van der Waals surface area contributed by atoms with Gasteiger partial charge in [0.1, 0.15) is 0 Å². The van der Waals surface area contributed by atoms with Crippen LogP contribution < -0.4 is 10.6 Å². The van der Waals surface area contributed by atoms with Crippen LogP contribution >= 0.6 is 0 Å². The normalized spacial score (nSPS) is 26.2. The zero-order valence-corrected chi connectivity index (χ0v) is 14.8. The Bertz CT molecular complexity index is 775. The molecule has 1 atom stereocenters. The van der Waals surface area contributed by atoms with Crippen LogP contribution in [0.4, 0.5) is 4.79 Å². The van der Waals surface area contributed by atoms with Gasteiger partial charge in [-0.1, -0.05) is 11.6 Å². The van der Waals surface area contributed by atoms with Gasteiger partial charge in [-0.2, -0.15) is 0 Å². The summed E-state index contributed by atoms with van der Waals surface area (Å²) in [7, 11) is 0. The Labute approximate surface area is 148 Å². The molecule has 4 N–H and O–H groups in total. The summed E-state index contributed by atoms with van der Waals surface area (Å²) in [4.78, 5) is 15.9. The third-order valence-corrected chi connectivity index (χ3v) is 5.71. The van der Waals surface area contributed by atoms with Crippen molar-refractivity contribution in [2.75, 3.05) is 0 Å². The molecule has 4 rings (SSSR count). The SMILES string of the molecule is Cc1ccc2[nH]c3c(c2c1)CC(NC(=O)NC1CCC(O)CC1)CC3. The van der Waals surface area contributed by atoms with Crippen molar-refractivity contribution in [3.8, 4) is 0 Å². The summed E-state index contributed by atoms with van der Waals surface area (Å²) in [6, 6.07) is 6.83. The van der Waals surface area contributed by atoms with E-state index in [-0.39, 0.29) is 24.2 Å². The minimum Gasteiger partial charge on any atom is -0.393 e. The summed E-state index contributed by atoms with van der Waals surface area (Å²) >= 11 is 0. The number of aliphatic hydroxyl groups is 1. The van der Waals surface area contributed by atoms with Crippen LogP contribution in [0.15, 0.2) is 18.2 Å². The van der Waals surface area contributed by atoms with E-state index in [1.807, 2.05) is 0 Å². The van der Waals surface area contributed by atoms with Crippen LogP contribution in [-0.2, 0) is 12.8 Å². The highest BCUT2D eigenvalue weighted by Gasteiger charge is 2.25. The molecule has 0 spiro atoms. The van der Waals surface area contributed by atoms with Gasteiger partial charge in [-0.15, -0.1) is 0 Å². The first-order valence-electron chi connectivity index (χ1n) is 9.43. The molecule has 1 aromatic heterocycles. The summed E-state index contributed by atoms with van der Waals surface area (Å²) in [5, 5.41) is 17.1. The van der Waals surface area contributed by atoms with E-state index in [0.29, 0.717) is 0 Å². The Hall–Kier alpha value is -2.01. The Morgan fingerprint density at radius 3 is 2.68 bits per heavy atom. The number of carbonyl (C=O) groups excluding carboxylic acids is 1. The largest absolute Gasteiger partial charge is 0.393 e. The quantitative estimate of drug-likeness (QED) is 0.678. The highest BCUT2D eigenvalue weighted by molar-refractivity contribution is 5.86. The third-order valence-electron chi connectivity index (χ3n) is 5.71. The highest BCUT2D eigenvalue weighted by Crippen LogP contribution is 2.30. The van der Waals surface area contributed by atoms with Crippen molar-refractivity contribution in [2.45, 2.75) is 70.1 Å². The number of carbonyl (C=O) groups is 1. The number of aromatic amines is 1. The molecule has 0 aliphatic heterocycles. The molecule has 2 amide bonds. The van der Waals surface area contributed by atoms with E-state index in [1.165, 1.54) is 27.7 Å². The fourth-order valence-electron chi connectivity index (χ4n) is 4.29. The summed E-state index contributed by atoms with van der Waals surface area (Å²) in [5.41, 5.74) is 5.14. The predicted octanol–water partition coefficient (Wildman–Crippen LogP) is 2.94. The number of H-pyrrole nitrogens is 1. The van der Waals surface area contributed by atoms with Gasteiger partial charge in [0.25, 0.3) is 0 Å². The van der Waals surface area contributed by atoms with Gasteiger partial charge in [-0.25, -0.2) is 4.79 Å². The van der Waals surface area contributed by atoms with E-state index in [1.54, 1.807) is 0 Å². The molecular formula is C20H27N3O2. The van der Waals surface area contributed by atoms with E-state index >= 15 is 0 Å². The number of hydrogen-bond acceptors (Lipinski definition) is 2. The minimum absolute atomic E-state index is 0.0640. The van der Waals surface area contributed by atoms with Crippen LogP contribution in [0.25, 0.3) is 10.9 Å². The molecule has 1 saturated carbocycles. The lowest BCUT2D eigenvalue weighted by molar-refractivity contribution is 0.117. The van der Waals surface area contributed by atoms with Gasteiger partial charge >= 0.3 is 6.03 Å². The Morgan fingerprint density at radius 2 is 1.88 bits per heavy atom. The van der Waals surface area contributed by atoms with E-state index in [2.05, 4.69) is 40.7 Å². The van der Waals surface area contributed by atoms with Gasteiger partial charge < -0.3 is 20.7 Å². The maximum atomic E-state index is 12.3. The molecule has 2 aliphatic rings. The molecular weight excluding hydrogens is 314 g/mol. The molecule has 2 aromatic rings. The number of fused-ring (bicyclic) bond motifs is 3. The number of benzene rings is 1. The van der Waals surface area contributed by atoms with Gasteiger partial charge in [0, 0.05) is 28.7 Å². The minimum atomic E-state index is -0.191. The molecule has 5 heteroatoms. The number of urea groups is 1. The van der Waals surface area contributed by atoms with Gasteiger partial charge in [0.05, 0.1) is 6.10 Å². The van der Waals surface area contributed by atoms with Crippen LogP contribution in [0.2, 0.25) is 0 Å². The highest BCUT2D eigenvalue weighted by atomic mass is 16.3. The molecule has 2 aliphatic carbocycles. The lowest BCUT2D eigenvalue weighted by Gasteiger charge is -2.28. The Kier molecular flexibility index (Phi) is 4.42. The van der Waals surface area contributed by atoms with Crippen LogP contribution in [0.1, 0.15) is 48.9 Å². The van der Waals surface area contributed by atoms with E-state index < -0.39 is 0 Å². The Balaban J connectivity index is 1.39. The van der Waals surface area contributed by atoms with Crippen LogP contribution in [-0.4, -0.2) is 34.3 Å². The zero-order chi connectivity index (χ0) is 17.4. The van der Waals surface area contributed by atoms with E-state index in [4.69, 9.17) is 0 Å². The molecule has 0 saturated heterocycles. The van der Waals surface area contributed by atoms with Gasteiger partial charge in [0.2, 0.25) is 0 Å². The van der Waals surface area contributed by atoms with Gasteiger partial charge in [-0.3, -0.25) is 0 Å². The summed E-state index contributed by atoms with van der Waals surface area (Å²) in [5.74, 6) is 0. The lowest BCUT2D eigenvalue weighted by Crippen LogP contribution is -2.48. The second-order valence-corrected chi connectivity index (χ2v) is 7.69. The fraction of sp³-hybridized carbons (Fsp3) is 0.550. The number of aryl methyl sites for hydroxylation is 2. The molecule has 1 fully saturated rings. The maximum absolute atomic E-state index is 12.3. The third kappa shape index (κ3) is 3.52. The molecule has 0 bridgehead atoms. The number of nitrogens with one attached hydrogen (secondary N) is 3. The topological polar surface area (TPSA) is 77.2 Å². The molecule has 1 heterocycles. The van der Waals surface area contributed by atoms with Crippen molar-refractivity contribution in [1.82, 2.24) is 15.6 Å². The van der Waals surface area contributed by atoms with Gasteiger partial charge in [-0.05, 0) is 69.6 Å². The van der Waals surface area contributed by atoms with Gasteiger partial charge in [0.15, 0.2) is 0 Å². The van der Waals surface area contributed by atoms with Crippen molar-refractivity contribution in [1.29, 1.82) is 0 Å². The lowest BCUT2D eigenvalue weighted by atomic mass is 9.91. The first-order valence-corrected chi connectivity index (χ1v) is 9.43. The number of aliphatic hydroxyl groups excluding tert-OH is 1. The molecule has 1 unspecified atom stereocenters. The van der Waals surface area contributed by atoms with Crippen molar-refractivity contribution < 1.29 is 9.90 Å². The molecule has 5 nitrogen and oxygen atoms in total. The summed E-state index contributed by atoms with van der Waals surface area (Å²) < 4.78 is 0. The first kappa shape index (κ1) is 16.5. The van der Waals surface area contributed by atoms with Crippen LogP contribution in [0, 0.1) is 6.92 Å². The predicted molar refractivity (Wildman–Crippen MR) is 98.8 cm³/mol. The monoisotopic (exact) mass is 341 g/mol. The average Bonchev–Trinajstić information content (AvgIpc) is 2.94. The molecule has 1 aromatic carbocycles. The molecule has 25 heavy (non-hydrogen) atoms. The van der Waals surface area contributed by atoms with E-state index in [9.17, 15) is 9.90 Å². The summed E-state index contributed by atoms with van der Waals surface area (Å²) in [6.07, 6.45) is 5.94. The average molecular weight is 341 g/mol. The van der Waals surface area contributed by atoms with Crippen LogP contribution in [0.5, 0.6) is 0 Å². The molecule has 134 valence electrons. The van der Waals surface area contributed by atoms with Crippen molar-refractivity contribution in [2.24, 2.45) is 0 Å². The van der Waals surface area contributed by atoms with Crippen molar-refractivity contribution in [3.05, 3.63) is 35.0 Å². The summed E-state index contributed by atoms with van der Waals surface area (Å²) in [6.45, 7) is 2.12. The van der Waals surface area contributed by atoms with Crippen LogP contribution in [0.3, 0.4) is 0 Å². The number of hydrogen-bond donors (Lipinski definition) is 4.